The molecule has 0 saturated heterocycles. The van der Waals surface area contributed by atoms with Crippen LogP contribution in [-0.4, -0.2) is 6.18 Å². The Balaban J connectivity index is 2.49. The molecule has 0 radical (unpaired) electrons. The zero-order valence-corrected chi connectivity index (χ0v) is 7.93. The molecule has 0 bridgehead atoms. The third kappa shape index (κ3) is 1.69. The molecule has 0 spiro atoms. The van der Waals surface area contributed by atoms with Crippen molar-refractivity contribution in [3.63, 3.8) is 0 Å². The summed E-state index contributed by atoms with van der Waals surface area (Å²) in [6.07, 6.45) is -1.46. The highest BCUT2D eigenvalue weighted by atomic mass is 19.4. The minimum Gasteiger partial charge on any atom is -0.166 e. The molecule has 0 heterocycles. The first-order chi connectivity index (χ1) is 7.02. The maximum atomic E-state index is 12.5. The van der Waals surface area contributed by atoms with E-state index in [1.54, 1.807) is 24.3 Å². The van der Waals surface area contributed by atoms with E-state index in [-0.39, 0.29) is 6.42 Å². The van der Waals surface area contributed by atoms with Crippen molar-refractivity contribution in [1.29, 1.82) is 0 Å². The predicted molar refractivity (Wildman–Crippen MR) is 54.3 cm³/mol. The number of alkyl halides is 3. The molecule has 0 unspecified atom stereocenters. The Hall–Kier alpha value is -1.51. The van der Waals surface area contributed by atoms with Gasteiger partial charge in [-0.2, -0.15) is 13.2 Å². The molecule has 0 N–H and O–H groups in total. The second kappa shape index (κ2) is 3.26. The van der Waals surface area contributed by atoms with E-state index in [0.29, 0.717) is 5.56 Å². The second-order valence-electron chi connectivity index (χ2n) is 3.47. The molecule has 0 aromatic heterocycles. The highest BCUT2D eigenvalue weighted by Gasteiger charge is 2.36. The van der Waals surface area contributed by atoms with E-state index >= 15 is 0 Å². The molecule has 1 aromatic carbocycles. The molecule has 15 heavy (non-hydrogen) atoms. The first-order valence-corrected chi connectivity index (χ1v) is 4.54. The van der Waals surface area contributed by atoms with Crippen molar-refractivity contribution in [1.82, 2.24) is 0 Å². The van der Waals surface area contributed by atoms with Gasteiger partial charge < -0.3 is 0 Å². The van der Waals surface area contributed by atoms with Crippen molar-refractivity contribution in [2.75, 3.05) is 0 Å². The lowest BCUT2D eigenvalue weighted by molar-refractivity contribution is -0.0918. The van der Waals surface area contributed by atoms with Crippen LogP contribution < -0.4 is 0 Å². The Morgan fingerprint density at radius 2 is 2.00 bits per heavy atom. The molecular weight excluding hydrogens is 201 g/mol. The minimum absolute atomic E-state index is 0.0273. The van der Waals surface area contributed by atoms with E-state index in [9.17, 15) is 13.2 Å². The third-order valence-electron chi connectivity index (χ3n) is 2.51. The van der Waals surface area contributed by atoms with Gasteiger partial charge in [-0.25, -0.2) is 0 Å². The predicted octanol–water partition coefficient (Wildman–Crippen LogP) is 3.83. The number of hydrogen-bond acceptors (Lipinski definition) is 0. The zero-order valence-electron chi connectivity index (χ0n) is 7.93. The van der Waals surface area contributed by atoms with Crippen molar-refractivity contribution < 1.29 is 13.2 Å². The van der Waals surface area contributed by atoms with Gasteiger partial charge >= 0.3 is 6.18 Å². The van der Waals surface area contributed by atoms with Crippen LogP contribution in [0.1, 0.15) is 16.7 Å². The average Bonchev–Trinajstić information content (AvgIpc) is 2.59. The summed E-state index contributed by atoms with van der Waals surface area (Å²) in [5.74, 6) is 0. The largest absolute Gasteiger partial charge is 0.413 e. The normalized spacial score (nSPS) is 14.7. The van der Waals surface area contributed by atoms with E-state index in [4.69, 9.17) is 0 Å². The van der Waals surface area contributed by atoms with E-state index in [1.165, 1.54) is 6.08 Å². The van der Waals surface area contributed by atoms with Crippen LogP contribution in [0.25, 0.3) is 12.2 Å². The van der Waals surface area contributed by atoms with Gasteiger partial charge in [0.1, 0.15) is 0 Å². The van der Waals surface area contributed by atoms with Crippen LogP contribution >= 0.6 is 0 Å². The highest BCUT2D eigenvalue weighted by molar-refractivity contribution is 5.73. The van der Waals surface area contributed by atoms with E-state index in [1.807, 2.05) is 0 Å². The van der Waals surface area contributed by atoms with Gasteiger partial charge in [0.05, 0.1) is 0 Å². The Bertz CT molecular complexity index is 439. The Morgan fingerprint density at radius 1 is 1.27 bits per heavy atom. The van der Waals surface area contributed by atoms with Gasteiger partial charge in [0.25, 0.3) is 0 Å². The van der Waals surface area contributed by atoms with Crippen LogP contribution in [0.15, 0.2) is 30.4 Å². The monoisotopic (exact) mass is 210 g/mol. The van der Waals surface area contributed by atoms with Crippen molar-refractivity contribution in [3.05, 3.63) is 47.0 Å². The molecule has 0 nitrogen and oxygen atoms in total. The quantitative estimate of drug-likeness (QED) is 0.660. The zero-order chi connectivity index (χ0) is 11.1. The van der Waals surface area contributed by atoms with Crippen LogP contribution in [0.3, 0.4) is 0 Å². The number of rotatable bonds is 1. The van der Waals surface area contributed by atoms with Gasteiger partial charge in [0, 0.05) is 12.0 Å². The lowest BCUT2D eigenvalue weighted by Gasteiger charge is -2.05. The van der Waals surface area contributed by atoms with E-state index < -0.39 is 11.7 Å². The molecule has 0 amide bonds. The highest BCUT2D eigenvalue weighted by Crippen LogP contribution is 2.37. The summed E-state index contributed by atoms with van der Waals surface area (Å²) in [4.78, 5) is 0. The third-order valence-corrected chi connectivity index (χ3v) is 2.51. The summed E-state index contributed by atoms with van der Waals surface area (Å²) in [6.45, 7) is 3.59. The summed E-state index contributed by atoms with van der Waals surface area (Å²) >= 11 is 0. The lowest BCUT2D eigenvalue weighted by Crippen LogP contribution is -2.11. The molecule has 0 aliphatic heterocycles. The van der Waals surface area contributed by atoms with Crippen molar-refractivity contribution in [2.24, 2.45) is 0 Å². The molecule has 0 saturated carbocycles. The van der Waals surface area contributed by atoms with Gasteiger partial charge in [-0.1, -0.05) is 30.9 Å². The number of fused-ring (bicyclic) bond motifs is 1. The Labute approximate surface area is 85.7 Å². The van der Waals surface area contributed by atoms with Crippen LogP contribution in [0, 0.1) is 0 Å². The maximum absolute atomic E-state index is 12.5. The number of hydrogen-bond donors (Lipinski definition) is 0. The van der Waals surface area contributed by atoms with Crippen LogP contribution in [0.4, 0.5) is 13.2 Å². The van der Waals surface area contributed by atoms with Gasteiger partial charge in [0.15, 0.2) is 0 Å². The first-order valence-electron chi connectivity index (χ1n) is 4.54. The lowest BCUT2D eigenvalue weighted by atomic mass is 10.0. The summed E-state index contributed by atoms with van der Waals surface area (Å²) in [5, 5.41) is 0. The van der Waals surface area contributed by atoms with Crippen LogP contribution in [-0.2, 0) is 6.42 Å². The SMILES string of the molecule is C=Cc1cccc2c1C=C(C(F)(F)F)C2. The molecule has 1 aliphatic rings. The van der Waals surface area contributed by atoms with Crippen LogP contribution in [0.5, 0.6) is 0 Å². The fourth-order valence-corrected chi connectivity index (χ4v) is 1.75. The molecule has 0 atom stereocenters. The summed E-state index contributed by atoms with van der Waals surface area (Å²) < 4.78 is 37.4. The van der Waals surface area contributed by atoms with Crippen molar-refractivity contribution >= 4 is 12.2 Å². The average molecular weight is 210 g/mol. The summed E-state index contributed by atoms with van der Waals surface area (Å²) in [5.41, 5.74) is 1.65. The molecule has 78 valence electrons. The smallest absolute Gasteiger partial charge is 0.166 e. The van der Waals surface area contributed by atoms with Gasteiger partial charge in [-0.15, -0.1) is 0 Å². The molecular formula is C12H9F3. The fourth-order valence-electron chi connectivity index (χ4n) is 1.75. The number of benzene rings is 1. The molecule has 0 fully saturated rings. The second-order valence-corrected chi connectivity index (χ2v) is 3.47. The standard InChI is InChI=1S/C12H9F3/c1-2-8-4-3-5-9-6-10(7-11(8)9)12(13,14)15/h2-5,7H,1,6H2. The molecule has 1 aromatic rings. The Kier molecular flexibility index (Phi) is 2.18. The molecule has 2 rings (SSSR count). The van der Waals surface area contributed by atoms with Crippen molar-refractivity contribution in [3.8, 4) is 0 Å². The number of allylic oxidation sites excluding steroid dienone is 1. The maximum Gasteiger partial charge on any atom is 0.413 e. The first kappa shape index (κ1) is 10.0. The minimum atomic E-state index is -4.22. The van der Waals surface area contributed by atoms with E-state index in [0.717, 1.165) is 11.1 Å². The topological polar surface area (TPSA) is 0 Å². The van der Waals surface area contributed by atoms with E-state index in [2.05, 4.69) is 6.58 Å². The van der Waals surface area contributed by atoms with Crippen LogP contribution in [0.2, 0.25) is 0 Å². The molecule has 1 aliphatic carbocycles. The van der Waals surface area contributed by atoms with Crippen molar-refractivity contribution in [2.45, 2.75) is 12.6 Å². The number of halogens is 3. The van der Waals surface area contributed by atoms with Gasteiger partial charge in [0.2, 0.25) is 0 Å². The van der Waals surface area contributed by atoms with Gasteiger partial charge in [-0.05, 0) is 22.8 Å². The Morgan fingerprint density at radius 3 is 2.60 bits per heavy atom. The molecule has 3 heteroatoms. The summed E-state index contributed by atoms with van der Waals surface area (Å²) in [6, 6.07) is 5.24. The summed E-state index contributed by atoms with van der Waals surface area (Å²) in [7, 11) is 0. The fraction of sp³-hybridized carbons (Fsp3) is 0.167. The van der Waals surface area contributed by atoms with Gasteiger partial charge in [-0.3, -0.25) is 0 Å².